The molecule has 0 atom stereocenters. The summed E-state index contributed by atoms with van der Waals surface area (Å²) in [5, 5.41) is 7.26. The van der Waals surface area contributed by atoms with Crippen molar-refractivity contribution in [1.29, 1.82) is 5.41 Å². The highest BCUT2D eigenvalue weighted by atomic mass is 19.4. The quantitative estimate of drug-likeness (QED) is 0.612. The van der Waals surface area contributed by atoms with Gasteiger partial charge in [0.25, 0.3) is 0 Å². The molecule has 0 saturated carbocycles. The van der Waals surface area contributed by atoms with Crippen LogP contribution < -0.4 is 5.73 Å². The highest BCUT2D eigenvalue weighted by molar-refractivity contribution is 5.93. The van der Waals surface area contributed by atoms with E-state index < -0.39 is 12.6 Å². The molecule has 0 aliphatic carbocycles. The molecule has 8 heteroatoms. The smallest absolute Gasteiger partial charge is 0.382 e. The van der Waals surface area contributed by atoms with Crippen molar-refractivity contribution in [3.8, 4) is 0 Å². The Labute approximate surface area is 93.6 Å². The first-order valence-electron chi connectivity index (χ1n) is 4.60. The summed E-state index contributed by atoms with van der Waals surface area (Å²) in [5.41, 5.74) is 5.72. The van der Waals surface area contributed by atoms with E-state index >= 15 is 0 Å². The Morgan fingerprint density at radius 2 is 2.06 bits per heavy atom. The molecular weight excluding hydrogens is 235 g/mol. The lowest BCUT2D eigenvalue weighted by Gasteiger charge is -2.06. The highest BCUT2D eigenvalue weighted by Crippen LogP contribution is 2.20. The SMILES string of the molecule is N=C(N)c1cnc2cnc(CC(F)(F)F)cn12. The van der Waals surface area contributed by atoms with Crippen LogP contribution in [-0.2, 0) is 6.42 Å². The second-order valence-corrected chi connectivity index (χ2v) is 3.46. The van der Waals surface area contributed by atoms with Crippen LogP contribution in [0.4, 0.5) is 13.2 Å². The van der Waals surface area contributed by atoms with Crippen LogP contribution in [0.15, 0.2) is 18.6 Å². The maximum atomic E-state index is 12.2. The molecule has 5 nitrogen and oxygen atoms in total. The Morgan fingerprint density at radius 3 is 2.65 bits per heavy atom. The summed E-state index contributed by atoms with van der Waals surface area (Å²) < 4.78 is 37.9. The fourth-order valence-corrected chi connectivity index (χ4v) is 1.43. The summed E-state index contributed by atoms with van der Waals surface area (Å²) in [5.74, 6) is -0.262. The zero-order valence-corrected chi connectivity index (χ0v) is 8.49. The van der Waals surface area contributed by atoms with Crippen molar-refractivity contribution in [1.82, 2.24) is 14.4 Å². The molecule has 2 heterocycles. The van der Waals surface area contributed by atoms with Crippen molar-refractivity contribution in [3.05, 3.63) is 30.0 Å². The minimum Gasteiger partial charge on any atom is -0.382 e. The number of nitrogens with one attached hydrogen (secondary N) is 1. The fraction of sp³-hybridized carbons (Fsp3) is 0.222. The van der Waals surface area contributed by atoms with E-state index in [1.54, 1.807) is 0 Å². The third-order valence-electron chi connectivity index (χ3n) is 2.11. The number of nitrogen functional groups attached to an aromatic ring is 1. The molecule has 17 heavy (non-hydrogen) atoms. The van der Waals surface area contributed by atoms with Crippen molar-refractivity contribution < 1.29 is 13.2 Å². The van der Waals surface area contributed by atoms with Gasteiger partial charge in [-0.25, -0.2) is 4.98 Å². The van der Waals surface area contributed by atoms with Crippen molar-refractivity contribution in [2.24, 2.45) is 5.73 Å². The van der Waals surface area contributed by atoms with Gasteiger partial charge in [-0.05, 0) is 0 Å². The van der Waals surface area contributed by atoms with E-state index in [0.29, 0.717) is 5.65 Å². The molecule has 0 saturated heterocycles. The van der Waals surface area contributed by atoms with Gasteiger partial charge in [-0.2, -0.15) is 13.2 Å². The van der Waals surface area contributed by atoms with Gasteiger partial charge < -0.3 is 5.73 Å². The minimum atomic E-state index is -4.32. The molecule has 0 bridgehead atoms. The fourth-order valence-electron chi connectivity index (χ4n) is 1.43. The largest absolute Gasteiger partial charge is 0.394 e. The second kappa shape index (κ2) is 3.72. The highest BCUT2D eigenvalue weighted by Gasteiger charge is 2.28. The van der Waals surface area contributed by atoms with Crippen LogP contribution in [0.25, 0.3) is 5.65 Å². The van der Waals surface area contributed by atoms with Crippen LogP contribution >= 0.6 is 0 Å². The van der Waals surface area contributed by atoms with Gasteiger partial charge in [-0.1, -0.05) is 0 Å². The number of fused-ring (bicyclic) bond motifs is 1. The molecule has 0 aliphatic rings. The lowest BCUT2D eigenvalue weighted by molar-refractivity contribution is -0.127. The van der Waals surface area contributed by atoms with E-state index in [-0.39, 0.29) is 17.2 Å². The second-order valence-electron chi connectivity index (χ2n) is 3.46. The average Bonchev–Trinajstić information content (AvgIpc) is 2.57. The molecule has 2 aromatic heterocycles. The van der Waals surface area contributed by atoms with Crippen LogP contribution in [-0.4, -0.2) is 26.4 Å². The van der Waals surface area contributed by atoms with Gasteiger partial charge >= 0.3 is 6.18 Å². The molecule has 2 rings (SSSR count). The third kappa shape index (κ3) is 2.35. The molecule has 0 amide bonds. The average molecular weight is 243 g/mol. The van der Waals surface area contributed by atoms with Crippen LogP contribution in [0.3, 0.4) is 0 Å². The number of rotatable bonds is 2. The Balaban J connectivity index is 2.48. The van der Waals surface area contributed by atoms with Crippen molar-refractivity contribution in [2.75, 3.05) is 0 Å². The summed E-state index contributed by atoms with van der Waals surface area (Å²) in [6.07, 6.45) is -1.73. The Morgan fingerprint density at radius 1 is 1.35 bits per heavy atom. The molecule has 0 radical (unpaired) electrons. The molecule has 0 aliphatic heterocycles. The summed E-state index contributed by atoms with van der Waals surface area (Å²) in [4.78, 5) is 7.53. The van der Waals surface area contributed by atoms with Crippen LogP contribution in [0.5, 0.6) is 0 Å². The summed E-state index contributed by atoms with van der Waals surface area (Å²) >= 11 is 0. The van der Waals surface area contributed by atoms with Crippen LogP contribution in [0.1, 0.15) is 11.4 Å². The molecule has 0 fully saturated rings. The molecule has 3 N–H and O–H groups in total. The lowest BCUT2D eigenvalue weighted by Crippen LogP contribution is -2.16. The number of amidine groups is 1. The Kier molecular flexibility index (Phi) is 2.49. The lowest BCUT2D eigenvalue weighted by atomic mass is 10.3. The standard InChI is InChI=1S/C9H8F3N5/c10-9(11,12)1-5-4-17-6(8(13)14)2-16-7(17)3-15-5/h2-4H,1H2,(H3,13,14). The number of hydrogen-bond donors (Lipinski definition) is 2. The van der Waals surface area contributed by atoms with Crippen molar-refractivity contribution >= 4 is 11.5 Å². The Bertz CT molecular complexity index is 572. The maximum absolute atomic E-state index is 12.2. The summed E-state index contributed by atoms with van der Waals surface area (Å²) in [6, 6.07) is 0. The van der Waals surface area contributed by atoms with E-state index in [0.717, 1.165) is 0 Å². The van der Waals surface area contributed by atoms with E-state index in [2.05, 4.69) is 9.97 Å². The van der Waals surface area contributed by atoms with Gasteiger partial charge in [0, 0.05) is 6.20 Å². The van der Waals surface area contributed by atoms with Gasteiger partial charge in [-0.3, -0.25) is 14.8 Å². The first kappa shape index (κ1) is 11.4. The maximum Gasteiger partial charge on any atom is 0.394 e. The monoisotopic (exact) mass is 243 g/mol. The van der Waals surface area contributed by atoms with Crippen molar-refractivity contribution in [3.63, 3.8) is 0 Å². The van der Waals surface area contributed by atoms with E-state index in [1.807, 2.05) is 0 Å². The number of nitrogens with zero attached hydrogens (tertiary/aromatic N) is 3. The van der Waals surface area contributed by atoms with Gasteiger partial charge in [0.2, 0.25) is 0 Å². The number of imidazole rings is 1. The molecule has 0 spiro atoms. The predicted molar refractivity (Wildman–Crippen MR) is 53.8 cm³/mol. The van der Waals surface area contributed by atoms with E-state index in [1.165, 1.54) is 23.0 Å². The zero-order valence-electron chi connectivity index (χ0n) is 8.49. The van der Waals surface area contributed by atoms with E-state index in [4.69, 9.17) is 11.1 Å². The summed E-state index contributed by atoms with van der Waals surface area (Å²) in [7, 11) is 0. The number of halogens is 3. The zero-order chi connectivity index (χ0) is 12.6. The molecular formula is C9H8F3N5. The number of hydrogen-bond acceptors (Lipinski definition) is 3. The number of aromatic nitrogens is 3. The minimum absolute atomic E-state index is 0.148. The number of alkyl halides is 3. The van der Waals surface area contributed by atoms with Crippen molar-refractivity contribution in [2.45, 2.75) is 12.6 Å². The van der Waals surface area contributed by atoms with E-state index in [9.17, 15) is 13.2 Å². The normalized spacial score (nSPS) is 11.9. The van der Waals surface area contributed by atoms with Gasteiger partial charge in [0.15, 0.2) is 5.65 Å². The van der Waals surface area contributed by atoms with Gasteiger partial charge in [-0.15, -0.1) is 0 Å². The first-order valence-corrected chi connectivity index (χ1v) is 4.60. The molecule has 0 unspecified atom stereocenters. The summed E-state index contributed by atoms with van der Waals surface area (Å²) in [6.45, 7) is 0. The van der Waals surface area contributed by atoms with Crippen LogP contribution in [0, 0.1) is 5.41 Å². The number of nitrogens with two attached hydrogens (primary N) is 1. The van der Waals surface area contributed by atoms with Gasteiger partial charge in [0.1, 0.15) is 11.5 Å². The Hall–Kier alpha value is -2.12. The third-order valence-corrected chi connectivity index (χ3v) is 2.11. The topological polar surface area (TPSA) is 80.1 Å². The van der Waals surface area contributed by atoms with Crippen LogP contribution in [0.2, 0.25) is 0 Å². The van der Waals surface area contributed by atoms with Gasteiger partial charge in [0.05, 0.1) is 24.5 Å². The molecule has 2 aromatic rings. The molecule has 0 aromatic carbocycles. The first-order chi connectivity index (χ1) is 7.87. The predicted octanol–water partition coefficient (Wildman–Crippen LogP) is 1.12. The molecule has 90 valence electrons.